The van der Waals surface area contributed by atoms with Crippen molar-refractivity contribution in [3.63, 3.8) is 0 Å². The zero-order valence-electron chi connectivity index (χ0n) is 13.7. The summed E-state index contributed by atoms with van der Waals surface area (Å²) >= 11 is 1.57. The van der Waals surface area contributed by atoms with Crippen molar-refractivity contribution in [2.45, 2.75) is 11.4 Å². The standard InChI is InChI=1S/C18H21N3O2S/c1-24-16-5-3-2-4-15(16)18(22)20-13-14-6-7-17(19-12-14)21-8-10-23-11-9-21/h2-7,12H,8-11,13H2,1H3,(H,20,22). The van der Waals surface area contributed by atoms with E-state index in [2.05, 4.69) is 15.2 Å². The molecule has 0 spiro atoms. The van der Waals surface area contributed by atoms with Crippen LogP contribution in [0.25, 0.3) is 0 Å². The molecular weight excluding hydrogens is 322 g/mol. The van der Waals surface area contributed by atoms with E-state index in [1.807, 2.05) is 48.9 Å². The fourth-order valence-electron chi connectivity index (χ4n) is 2.61. The van der Waals surface area contributed by atoms with Gasteiger partial charge in [0.2, 0.25) is 0 Å². The number of morpholine rings is 1. The normalized spacial score (nSPS) is 14.5. The first-order chi connectivity index (χ1) is 11.8. The van der Waals surface area contributed by atoms with E-state index in [4.69, 9.17) is 4.74 Å². The number of carbonyl (C=O) groups is 1. The second-order valence-electron chi connectivity index (χ2n) is 5.51. The van der Waals surface area contributed by atoms with E-state index >= 15 is 0 Å². The fraction of sp³-hybridized carbons (Fsp3) is 0.333. The van der Waals surface area contributed by atoms with Crippen LogP contribution in [0.1, 0.15) is 15.9 Å². The summed E-state index contributed by atoms with van der Waals surface area (Å²) in [6, 6.07) is 11.6. The summed E-state index contributed by atoms with van der Waals surface area (Å²) in [6.07, 6.45) is 3.80. The van der Waals surface area contributed by atoms with Gasteiger partial charge in [0.25, 0.3) is 5.91 Å². The lowest BCUT2D eigenvalue weighted by molar-refractivity contribution is 0.0948. The molecule has 1 fully saturated rings. The van der Waals surface area contributed by atoms with Crippen molar-refractivity contribution in [3.8, 4) is 0 Å². The van der Waals surface area contributed by atoms with Crippen molar-refractivity contribution >= 4 is 23.5 Å². The van der Waals surface area contributed by atoms with Crippen LogP contribution in [0, 0.1) is 0 Å². The maximum atomic E-state index is 12.3. The number of benzene rings is 1. The van der Waals surface area contributed by atoms with Crippen LogP contribution in [0.4, 0.5) is 5.82 Å². The largest absolute Gasteiger partial charge is 0.378 e. The number of thioether (sulfide) groups is 1. The fourth-order valence-corrected chi connectivity index (χ4v) is 3.21. The Morgan fingerprint density at radius 2 is 2.04 bits per heavy atom. The van der Waals surface area contributed by atoms with Crippen LogP contribution in [0.3, 0.4) is 0 Å². The molecule has 3 rings (SSSR count). The molecule has 24 heavy (non-hydrogen) atoms. The van der Waals surface area contributed by atoms with Gasteiger partial charge in [-0.1, -0.05) is 18.2 Å². The topological polar surface area (TPSA) is 54.5 Å². The van der Waals surface area contributed by atoms with E-state index in [-0.39, 0.29) is 5.91 Å². The Morgan fingerprint density at radius 1 is 1.25 bits per heavy atom. The third-order valence-electron chi connectivity index (χ3n) is 3.95. The monoisotopic (exact) mass is 343 g/mol. The third-order valence-corrected chi connectivity index (χ3v) is 4.74. The SMILES string of the molecule is CSc1ccccc1C(=O)NCc1ccc(N2CCOCC2)nc1. The van der Waals surface area contributed by atoms with Crippen LogP contribution in [-0.4, -0.2) is 43.5 Å². The van der Waals surface area contributed by atoms with Gasteiger partial charge in [-0.3, -0.25) is 4.79 Å². The van der Waals surface area contributed by atoms with E-state index in [0.717, 1.165) is 42.6 Å². The Hall–Kier alpha value is -2.05. The molecule has 1 N–H and O–H groups in total. The van der Waals surface area contributed by atoms with Gasteiger partial charge in [0.05, 0.1) is 18.8 Å². The molecule has 0 radical (unpaired) electrons. The van der Waals surface area contributed by atoms with E-state index in [1.165, 1.54) is 0 Å². The molecule has 1 aromatic heterocycles. The number of nitrogens with one attached hydrogen (secondary N) is 1. The minimum Gasteiger partial charge on any atom is -0.378 e. The number of anilines is 1. The number of hydrogen-bond donors (Lipinski definition) is 1. The van der Waals surface area contributed by atoms with Gasteiger partial charge in [-0.2, -0.15) is 0 Å². The van der Waals surface area contributed by atoms with Crippen molar-refractivity contribution in [1.82, 2.24) is 10.3 Å². The molecule has 1 aliphatic heterocycles. The van der Waals surface area contributed by atoms with Gasteiger partial charge in [-0.25, -0.2) is 4.98 Å². The van der Waals surface area contributed by atoms with Crippen LogP contribution in [-0.2, 0) is 11.3 Å². The molecule has 2 heterocycles. The summed E-state index contributed by atoms with van der Waals surface area (Å²) in [5.74, 6) is 0.901. The summed E-state index contributed by atoms with van der Waals surface area (Å²) in [4.78, 5) is 20.0. The van der Waals surface area contributed by atoms with E-state index < -0.39 is 0 Å². The summed E-state index contributed by atoms with van der Waals surface area (Å²) in [5, 5.41) is 2.96. The highest BCUT2D eigenvalue weighted by atomic mass is 32.2. The molecule has 1 saturated heterocycles. The summed E-state index contributed by atoms with van der Waals surface area (Å²) in [5.41, 5.74) is 1.70. The summed E-state index contributed by atoms with van der Waals surface area (Å²) in [6.45, 7) is 3.70. The number of ether oxygens (including phenoxy) is 1. The van der Waals surface area contributed by atoms with Gasteiger partial charge in [0.1, 0.15) is 5.82 Å². The highest BCUT2D eigenvalue weighted by Crippen LogP contribution is 2.19. The van der Waals surface area contributed by atoms with Crippen molar-refractivity contribution < 1.29 is 9.53 Å². The lowest BCUT2D eigenvalue weighted by atomic mass is 10.2. The Morgan fingerprint density at radius 3 is 2.75 bits per heavy atom. The second-order valence-corrected chi connectivity index (χ2v) is 6.36. The predicted molar refractivity (Wildman–Crippen MR) is 96.7 cm³/mol. The lowest BCUT2D eigenvalue weighted by Gasteiger charge is -2.27. The molecule has 1 aliphatic rings. The molecular formula is C18H21N3O2S. The maximum Gasteiger partial charge on any atom is 0.252 e. The molecule has 0 saturated carbocycles. The van der Waals surface area contributed by atoms with Gasteiger partial charge < -0.3 is 15.0 Å². The smallest absolute Gasteiger partial charge is 0.252 e. The molecule has 0 unspecified atom stereocenters. The number of carbonyl (C=O) groups excluding carboxylic acids is 1. The van der Waals surface area contributed by atoms with E-state index in [1.54, 1.807) is 11.8 Å². The van der Waals surface area contributed by atoms with Crippen LogP contribution < -0.4 is 10.2 Å². The minimum atomic E-state index is -0.0581. The van der Waals surface area contributed by atoms with Gasteiger partial charge in [-0.05, 0) is 30.0 Å². The second kappa shape index (κ2) is 8.17. The first-order valence-corrected chi connectivity index (χ1v) is 9.19. The van der Waals surface area contributed by atoms with Crippen LogP contribution in [0.2, 0.25) is 0 Å². The highest BCUT2D eigenvalue weighted by molar-refractivity contribution is 7.98. The maximum absolute atomic E-state index is 12.3. The predicted octanol–water partition coefficient (Wildman–Crippen LogP) is 2.57. The molecule has 0 aliphatic carbocycles. The zero-order chi connectivity index (χ0) is 16.8. The van der Waals surface area contributed by atoms with Crippen molar-refractivity contribution in [3.05, 3.63) is 53.7 Å². The quantitative estimate of drug-likeness (QED) is 0.846. The van der Waals surface area contributed by atoms with Gasteiger partial charge in [0, 0.05) is 30.7 Å². The third kappa shape index (κ3) is 4.07. The molecule has 1 amide bonds. The average molecular weight is 343 g/mol. The van der Waals surface area contributed by atoms with E-state index in [9.17, 15) is 4.79 Å². The molecule has 2 aromatic rings. The highest BCUT2D eigenvalue weighted by Gasteiger charge is 2.13. The number of rotatable bonds is 5. The van der Waals surface area contributed by atoms with Gasteiger partial charge in [-0.15, -0.1) is 11.8 Å². The molecule has 5 nitrogen and oxygen atoms in total. The van der Waals surface area contributed by atoms with Crippen LogP contribution in [0.15, 0.2) is 47.5 Å². The number of amides is 1. The molecule has 6 heteroatoms. The summed E-state index contributed by atoms with van der Waals surface area (Å²) < 4.78 is 5.35. The number of aromatic nitrogens is 1. The van der Waals surface area contributed by atoms with Crippen molar-refractivity contribution in [2.24, 2.45) is 0 Å². The molecule has 0 atom stereocenters. The first kappa shape index (κ1) is 16.8. The van der Waals surface area contributed by atoms with Crippen molar-refractivity contribution in [2.75, 3.05) is 37.5 Å². The Balaban J connectivity index is 1.59. The lowest BCUT2D eigenvalue weighted by Crippen LogP contribution is -2.36. The summed E-state index contributed by atoms with van der Waals surface area (Å²) in [7, 11) is 0. The van der Waals surface area contributed by atoms with Gasteiger partial charge in [0.15, 0.2) is 0 Å². The van der Waals surface area contributed by atoms with Crippen LogP contribution >= 0.6 is 11.8 Å². The molecule has 1 aromatic carbocycles. The van der Waals surface area contributed by atoms with Crippen LogP contribution in [0.5, 0.6) is 0 Å². The molecule has 126 valence electrons. The molecule has 0 bridgehead atoms. The number of nitrogens with zero attached hydrogens (tertiary/aromatic N) is 2. The first-order valence-electron chi connectivity index (χ1n) is 7.97. The number of pyridine rings is 1. The van der Waals surface area contributed by atoms with E-state index in [0.29, 0.717) is 12.1 Å². The number of hydrogen-bond acceptors (Lipinski definition) is 5. The Kier molecular flexibility index (Phi) is 5.72. The average Bonchev–Trinajstić information content (AvgIpc) is 2.67. The minimum absolute atomic E-state index is 0.0581. The van der Waals surface area contributed by atoms with Crippen molar-refractivity contribution in [1.29, 1.82) is 0 Å². The Bertz CT molecular complexity index is 685. The Labute approximate surface area is 146 Å². The zero-order valence-corrected chi connectivity index (χ0v) is 14.5. The van der Waals surface area contributed by atoms with Gasteiger partial charge >= 0.3 is 0 Å².